The normalized spacial score (nSPS) is 37.3. The van der Waals surface area contributed by atoms with Crippen LogP contribution >= 0.6 is 0 Å². The van der Waals surface area contributed by atoms with Crippen molar-refractivity contribution in [1.29, 1.82) is 0 Å². The molecule has 0 spiro atoms. The predicted molar refractivity (Wildman–Crippen MR) is 63.5 cm³/mol. The molecule has 2 fully saturated rings. The van der Waals surface area contributed by atoms with Crippen molar-refractivity contribution in [3.8, 4) is 0 Å². The van der Waals surface area contributed by atoms with E-state index in [1.807, 2.05) is 6.92 Å². The van der Waals surface area contributed by atoms with Gasteiger partial charge in [0.15, 0.2) is 0 Å². The van der Waals surface area contributed by atoms with Gasteiger partial charge >= 0.3 is 0 Å². The van der Waals surface area contributed by atoms with Crippen LogP contribution in [-0.2, 0) is 14.3 Å². The molecule has 5 nitrogen and oxygen atoms in total. The third-order valence-electron chi connectivity index (χ3n) is 3.53. The van der Waals surface area contributed by atoms with Crippen LogP contribution in [0.3, 0.4) is 0 Å². The van der Waals surface area contributed by atoms with Crippen LogP contribution in [0.25, 0.3) is 0 Å². The lowest BCUT2D eigenvalue weighted by Crippen LogP contribution is -2.66. The third kappa shape index (κ3) is 2.97. The summed E-state index contributed by atoms with van der Waals surface area (Å²) in [5, 5.41) is 2.96. The van der Waals surface area contributed by atoms with E-state index < -0.39 is 0 Å². The van der Waals surface area contributed by atoms with Crippen molar-refractivity contribution in [3.05, 3.63) is 0 Å². The summed E-state index contributed by atoms with van der Waals surface area (Å²) in [6.07, 6.45) is 3.52. The topological polar surface area (TPSA) is 73.6 Å². The first-order valence-electron chi connectivity index (χ1n) is 6.51. The second-order valence-electron chi connectivity index (χ2n) is 4.78. The molecule has 4 unspecified atom stereocenters. The molecule has 2 rings (SSSR count). The Morgan fingerprint density at radius 3 is 2.94 bits per heavy atom. The number of carbonyl (C=O) groups is 1. The van der Waals surface area contributed by atoms with Crippen LogP contribution in [0.4, 0.5) is 0 Å². The van der Waals surface area contributed by atoms with Gasteiger partial charge in [-0.05, 0) is 32.6 Å². The molecule has 5 heteroatoms. The second kappa shape index (κ2) is 5.80. The van der Waals surface area contributed by atoms with Gasteiger partial charge in [-0.3, -0.25) is 4.79 Å². The van der Waals surface area contributed by atoms with E-state index >= 15 is 0 Å². The van der Waals surface area contributed by atoms with Crippen LogP contribution in [0.15, 0.2) is 0 Å². The Labute approximate surface area is 102 Å². The van der Waals surface area contributed by atoms with Gasteiger partial charge in [0.05, 0.1) is 12.1 Å². The summed E-state index contributed by atoms with van der Waals surface area (Å²) in [5.41, 5.74) is 5.89. The molecular weight excluding hydrogens is 220 g/mol. The van der Waals surface area contributed by atoms with Crippen molar-refractivity contribution in [2.24, 2.45) is 5.73 Å². The molecule has 17 heavy (non-hydrogen) atoms. The number of nitrogens with two attached hydrogens (primary N) is 1. The Morgan fingerprint density at radius 1 is 1.53 bits per heavy atom. The van der Waals surface area contributed by atoms with E-state index in [9.17, 15) is 4.79 Å². The van der Waals surface area contributed by atoms with Crippen LogP contribution in [-0.4, -0.2) is 43.4 Å². The quantitative estimate of drug-likeness (QED) is 0.737. The monoisotopic (exact) mass is 242 g/mol. The summed E-state index contributed by atoms with van der Waals surface area (Å²) in [7, 11) is 0. The fraction of sp³-hybridized carbons (Fsp3) is 0.917. The van der Waals surface area contributed by atoms with Crippen LogP contribution < -0.4 is 11.1 Å². The summed E-state index contributed by atoms with van der Waals surface area (Å²) in [4.78, 5) is 11.9. The fourth-order valence-electron chi connectivity index (χ4n) is 2.43. The Bertz CT molecular complexity index is 264. The van der Waals surface area contributed by atoms with Crippen molar-refractivity contribution in [3.63, 3.8) is 0 Å². The minimum atomic E-state index is -0.293. The fourth-order valence-corrected chi connectivity index (χ4v) is 2.43. The number of amides is 1. The van der Waals surface area contributed by atoms with Crippen molar-refractivity contribution >= 4 is 5.91 Å². The molecule has 1 amide bonds. The lowest BCUT2D eigenvalue weighted by atomic mass is 9.83. The van der Waals surface area contributed by atoms with Gasteiger partial charge in [-0.1, -0.05) is 0 Å². The molecule has 3 N–H and O–H groups in total. The molecule has 0 aromatic carbocycles. The Hall–Kier alpha value is -0.650. The molecule has 1 saturated carbocycles. The minimum absolute atomic E-state index is 0.0130. The standard InChI is InChI=1S/C12H22N2O3/c1-2-16-10-7-8(13)11(10)14-12(15)9-5-3-4-6-17-9/h8-11H,2-7,13H2,1H3,(H,14,15). The molecular formula is C12H22N2O3. The molecule has 1 aliphatic carbocycles. The van der Waals surface area contributed by atoms with Crippen LogP contribution in [0.2, 0.25) is 0 Å². The summed E-state index contributed by atoms with van der Waals surface area (Å²) >= 11 is 0. The lowest BCUT2D eigenvalue weighted by Gasteiger charge is -2.43. The van der Waals surface area contributed by atoms with Gasteiger partial charge in [-0.15, -0.1) is 0 Å². The van der Waals surface area contributed by atoms with Gasteiger partial charge < -0.3 is 20.5 Å². The largest absolute Gasteiger partial charge is 0.376 e. The second-order valence-corrected chi connectivity index (χ2v) is 4.78. The molecule has 2 aliphatic rings. The van der Waals surface area contributed by atoms with Gasteiger partial charge in [0.2, 0.25) is 5.91 Å². The Kier molecular flexibility index (Phi) is 4.36. The maximum atomic E-state index is 11.9. The van der Waals surface area contributed by atoms with E-state index in [1.54, 1.807) is 0 Å². The van der Waals surface area contributed by atoms with E-state index in [1.165, 1.54) is 0 Å². The first-order valence-corrected chi connectivity index (χ1v) is 6.51. The molecule has 0 aromatic heterocycles. The smallest absolute Gasteiger partial charge is 0.249 e. The average Bonchev–Trinajstić information content (AvgIpc) is 2.36. The molecule has 1 heterocycles. The molecule has 0 radical (unpaired) electrons. The highest BCUT2D eigenvalue weighted by Gasteiger charge is 2.41. The van der Waals surface area contributed by atoms with Crippen LogP contribution in [0.1, 0.15) is 32.6 Å². The first kappa shape index (κ1) is 12.8. The SMILES string of the molecule is CCOC1CC(N)C1NC(=O)C1CCCCO1. The summed E-state index contributed by atoms with van der Waals surface area (Å²) in [6, 6.07) is -0.0351. The van der Waals surface area contributed by atoms with Crippen molar-refractivity contribution in [2.45, 2.75) is 56.9 Å². The van der Waals surface area contributed by atoms with E-state index in [0.717, 1.165) is 25.7 Å². The maximum absolute atomic E-state index is 11.9. The summed E-state index contributed by atoms with van der Waals surface area (Å²) in [6.45, 7) is 3.29. The molecule has 98 valence electrons. The van der Waals surface area contributed by atoms with Crippen molar-refractivity contribution < 1.29 is 14.3 Å². The zero-order valence-corrected chi connectivity index (χ0v) is 10.4. The van der Waals surface area contributed by atoms with Crippen molar-refractivity contribution in [2.75, 3.05) is 13.2 Å². The maximum Gasteiger partial charge on any atom is 0.249 e. The number of nitrogens with one attached hydrogen (secondary N) is 1. The molecule has 0 aromatic rings. The molecule has 4 atom stereocenters. The van der Waals surface area contributed by atoms with Gasteiger partial charge in [0.1, 0.15) is 6.10 Å². The number of carbonyl (C=O) groups excluding carboxylic acids is 1. The Balaban J connectivity index is 1.80. The van der Waals surface area contributed by atoms with Gasteiger partial charge in [0.25, 0.3) is 0 Å². The van der Waals surface area contributed by atoms with Crippen LogP contribution in [0.5, 0.6) is 0 Å². The van der Waals surface area contributed by atoms with E-state index in [4.69, 9.17) is 15.2 Å². The highest BCUT2D eigenvalue weighted by atomic mass is 16.5. The molecule has 1 saturated heterocycles. The zero-order valence-electron chi connectivity index (χ0n) is 10.4. The molecule has 1 aliphatic heterocycles. The van der Waals surface area contributed by atoms with E-state index in [-0.39, 0.29) is 30.2 Å². The number of hydrogen-bond donors (Lipinski definition) is 2. The van der Waals surface area contributed by atoms with Crippen LogP contribution in [0, 0.1) is 0 Å². The number of ether oxygens (including phenoxy) is 2. The van der Waals surface area contributed by atoms with Gasteiger partial charge in [0, 0.05) is 19.3 Å². The minimum Gasteiger partial charge on any atom is -0.376 e. The highest BCUT2D eigenvalue weighted by Crippen LogP contribution is 2.23. The van der Waals surface area contributed by atoms with E-state index in [0.29, 0.717) is 13.2 Å². The predicted octanol–water partition coefficient (Wildman–Crippen LogP) is 0.176. The zero-order chi connectivity index (χ0) is 12.3. The summed E-state index contributed by atoms with van der Waals surface area (Å²) in [5.74, 6) is -0.0328. The average molecular weight is 242 g/mol. The van der Waals surface area contributed by atoms with E-state index in [2.05, 4.69) is 5.32 Å². The van der Waals surface area contributed by atoms with Crippen molar-refractivity contribution in [1.82, 2.24) is 5.32 Å². The molecule has 0 bridgehead atoms. The number of hydrogen-bond acceptors (Lipinski definition) is 4. The first-order chi connectivity index (χ1) is 8.22. The third-order valence-corrected chi connectivity index (χ3v) is 3.53. The lowest BCUT2D eigenvalue weighted by molar-refractivity contribution is -0.139. The summed E-state index contributed by atoms with van der Waals surface area (Å²) < 4.78 is 11.0. The highest BCUT2D eigenvalue weighted by molar-refractivity contribution is 5.81. The van der Waals surface area contributed by atoms with Gasteiger partial charge in [-0.2, -0.15) is 0 Å². The van der Waals surface area contributed by atoms with Gasteiger partial charge in [-0.25, -0.2) is 0 Å². The Morgan fingerprint density at radius 2 is 2.35 bits per heavy atom. The number of rotatable bonds is 4.